The molecule has 1 aliphatic carbocycles. The van der Waals surface area contributed by atoms with Gasteiger partial charge in [0.05, 0.1) is 5.92 Å². The van der Waals surface area contributed by atoms with Crippen molar-refractivity contribution in [3.63, 3.8) is 0 Å². The predicted octanol–water partition coefficient (Wildman–Crippen LogP) is 2.16. The van der Waals surface area contributed by atoms with Crippen molar-refractivity contribution in [3.8, 4) is 0 Å². The van der Waals surface area contributed by atoms with Crippen molar-refractivity contribution in [2.45, 2.75) is 46.5 Å². The van der Waals surface area contributed by atoms with Crippen LogP contribution in [-0.2, 0) is 4.79 Å². The van der Waals surface area contributed by atoms with E-state index in [0.29, 0.717) is 18.4 Å². The van der Waals surface area contributed by atoms with E-state index in [1.54, 1.807) is 0 Å². The first kappa shape index (κ1) is 14.5. The summed E-state index contributed by atoms with van der Waals surface area (Å²) in [4.78, 5) is 12.0. The maximum Gasteiger partial charge on any atom is 0.224 e. The zero-order chi connectivity index (χ0) is 12.8. The average Bonchev–Trinajstić information content (AvgIpc) is 2.68. The Morgan fingerprint density at radius 2 is 2.12 bits per heavy atom. The molecular weight excluding hydrogens is 212 g/mol. The lowest BCUT2D eigenvalue weighted by Gasteiger charge is -2.20. The molecule has 1 fully saturated rings. The Hall–Kier alpha value is -0.570. The largest absolute Gasteiger partial charge is 0.356 e. The van der Waals surface area contributed by atoms with Gasteiger partial charge in [-0.25, -0.2) is 0 Å². The number of amides is 1. The van der Waals surface area contributed by atoms with E-state index in [-0.39, 0.29) is 11.8 Å². The van der Waals surface area contributed by atoms with E-state index in [4.69, 9.17) is 5.73 Å². The second kappa shape index (κ2) is 7.00. The van der Waals surface area contributed by atoms with Crippen molar-refractivity contribution in [2.24, 2.45) is 29.4 Å². The van der Waals surface area contributed by atoms with Crippen LogP contribution in [0.1, 0.15) is 46.5 Å². The molecule has 1 amide bonds. The summed E-state index contributed by atoms with van der Waals surface area (Å²) in [7, 11) is 0. The van der Waals surface area contributed by atoms with Gasteiger partial charge in [-0.2, -0.15) is 0 Å². The van der Waals surface area contributed by atoms with E-state index >= 15 is 0 Å². The molecule has 0 heterocycles. The van der Waals surface area contributed by atoms with Crippen molar-refractivity contribution in [2.75, 3.05) is 13.1 Å². The van der Waals surface area contributed by atoms with E-state index in [2.05, 4.69) is 26.1 Å². The van der Waals surface area contributed by atoms with Gasteiger partial charge in [-0.15, -0.1) is 0 Å². The molecule has 3 nitrogen and oxygen atoms in total. The summed E-state index contributed by atoms with van der Waals surface area (Å²) in [5, 5.41) is 3.09. The molecule has 0 aromatic rings. The van der Waals surface area contributed by atoms with Gasteiger partial charge in [0.15, 0.2) is 0 Å². The maximum absolute atomic E-state index is 12.0. The van der Waals surface area contributed by atoms with Crippen molar-refractivity contribution < 1.29 is 4.79 Å². The molecule has 0 aromatic carbocycles. The topological polar surface area (TPSA) is 55.1 Å². The van der Waals surface area contributed by atoms with Crippen molar-refractivity contribution in [1.29, 1.82) is 0 Å². The molecule has 1 saturated carbocycles. The quantitative estimate of drug-likeness (QED) is 0.747. The Kier molecular flexibility index (Phi) is 5.96. The third-order valence-corrected chi connectivity index (χ3v) is 3.99. The first-order valence-electron chi connectivity index (χ1n) is 7.02. The lowest BCUT2D eigenvalue weighted by Crippen LogP contribution is -2.38. The summed E-state index contributed by atoms with van der Waals surface area (Å²) < 4.78 is 0. The van der Waals surface area contributed by atoms with Gasteiger partial charge in [0, 0.05) is 13.1 Å². The fraction of sp³-hybridized carbons (Fsp3) is 0.929. The van der Waals surface area contributed by atoms with Gasteiger partial charge in [0.25, 0.3) is 0 Å². The monoisotopic (exact) mass is 240 g/mol. The lowest BCUT2D eigenvalue weighted by molar-refractivity contribution is -0.125. The molecule has 1 rings (SSSR count). The Morgan fingerprint density at radius 1 is 1.41 bits per heavy atom. The van der Waals surface area contributed by atoms with Gasteiger partial charge in [-0.3, -0.25) is 4.79 Å². The summed E-state index contributed by atoms with van der Waals surface area (Å²) in [5.41, 5.74) is 5.67. The summed E-state index contributed by atoms with van der Waals surface area (Å²) in [6.07, 6.45) is 4.78. The molecule has 3 unspecified atom stereocenters. The second-order valence-electron chi connectivity index (χ2n) is 5.98. The van der Waals surface area contributed by atoms with Crippen LogP contribution in [0.4, 0.5) is 0 Å². The minimum absolute atomic E-state index is 0.00768. The second-order valence-corrected chi connectivity index (χ2v) is 5.98. The molecule has 0 aromatic heterocycles. The first-order valence-corrected chi connectivity index (χ1v) is 7.02. The molecule has 0 radical (unpaired) electrons. The number of carbonyl (C=O) groups excluding carboxylic acids is 1. The highest BCUT2D eigenvalue weighted by atomic mass is 16.1. The molecular formula is C14H28N2O. The SMILES string of the molecule is CC(C)CC(CN)C(=O)NCC1CCCC1C. The van der Waals surface area contributed by atoms with Gasteiger partial charge >= 0.3 is 0 Å². The van der Waals surface area contributed by atoms with Crippen molar-refractivity contribution >= 4 is 5.91 Å². The fourth-order valence-corrected chi connectivity index (χ4v) is 2.78. The number of carbonyl (C=O) groups is 1. The van der Waals surface area contributed by atoms with Crippen LogP contribution in [0.25, 0.3) is 0 Å². The third kappa shape index (κ3) is 4.66. The van der Waals surface area contributed by atoms with Crippen LogP contribution in [0.3, 0.4) is 0 Å². The minimum atomic E-state index is -0.00768. The number of nitrogens with one attached hydrogen (secondary N) is 1. The van der Waals surface area contributed by atoms with E-state index in [1.165, 1.54) is 19.3 Å². The van der Waals surface area contributed by atoms with Crippen LogP contribution in [0, 0.1) is 23.7 Å². The van der Waals surface area contributed by atoms with Gasteiger partial charge in [0.1, 0.15) is 0 Å². The molecule has 3 heteroatoms. The summed E-state index contributed by atoms with van der Waals surface area (Å²) in [5.74, 6) is 2.11. The minimum Gasteiger partial charge on any atom is -0.356 e. The third-order valence-electron chi connectivity index (χ3n) is 3.99. The fourth-order valence-electron chi connectivity index (χ4n) is 2.78. The normalized spacial score (nSPS) is 26.2. The molecule has 0 saturated heterocycles. The number of hydrogen-bond acceptors (Lipinski definition) is 2. The molecule has 0 aliphatic heterocycles. The van der Waals surface area contributed by atoms with Gasteiger partial charge < -0.3 is 11.1 Å². The van der Waals surface area contributed by atoms with E-state index in [1.807, 2.05) is 0 Å². The average molecular weight is 240 g/mol. The Morgan fingerprint density at radius 3 is 2.59 bits per heavy atom. The van der Waals surface area contributed by atoms with Gasteiger partial charge in [-0.05, 0) is 30.6 Å². The Balaban J connectivity index is 2.31. The molecule has 1 aliphatic rings. The van der Waals surface area contributed by atoms with Crippen LogP contribution in [0.5, 0.6) is 0 Å². The maximum atomic E-state index is 12.0. The van der Waals surface area contributed by atoms with E-state index in [9.17, 15) is 4.79 Å². The molecule has 0 spiro atoms. The first-order chi connectivity index (χ1) is 8.04. The number of nitrogens with two attached hydrogens (primary N) is 1. The smallest absolute Gasteiger partial charge is 0.224 e. The lowest BCUT2D eigenvalue weighted by atomic mass is 9.95. The van der Waals surface area contributed by atoms with Crippen LogP contribution in [-0.4, -0.2) is 19.0 Å². The predicted molar refractivity (Wildman–Crippen MR) is 71.5 cm³/mol. The number of rotatable bonds is 6. The molecule has 3 atom stereocenters. The van der Waals surface area contributed by atoms with Crippen molar-refractivity contribution in [3.05, 3.63) is 0 Å². The molecule has 3 N–H and O–H groups in total. The van der Waals surface area contributed by atoms with Crippen molar-refractivity contribution in [1.82, 2.24) is 5.32 Å². The van der Waals surface area contributed by atoms with Crippen LogP contribution in [0.2, 0.25) is 0 Å². The standard InChI is InChI=1S/C14H28N2O/c1-10(2)7-13(8-15)14(17)16-9-12-6-4-5-11(12)3/h10-13H,4-9,15H2,1-3H3,(H,16,17). The molecule has 100 valence electrons. The van der Waals surface area contributed by atoms with Crippen LogP contribution in [0.15, 0.2) is 0 Å². The zero-order valence-corrected chi connectivity index (χ0v) is 11.5. The Bertz CT molecular complexity index is 240. The van der Waals surface area contributed by atoms with Crippen LogP contribution >= 0.6 is 0 Å². The summed E-state index contributed by atoms with van der Waals surface area (Å²) >= 11 is 0. The summed E-state index contributed by atoms with van der Waals surface area (Å²) in [6, 6.07) is 0. The molecule has 17 heavy (non-hydrogen) atoms. The van der Waals surface area contributed by atoms with E-state index < -0.39 is 0 Å². The van der Waals surface area contributed by atoms with Gasteiger partial charge in [-0.1, -0.05) is 33.6 Å². The Labute approximate surface area is 106 Å². The molecule has 0 bridgehead atoms. The highest BCUT2D eigenvalue weighted by molar-refractivity contribution is 5.78. The summed E-state index contributed by atoms with van der Waals surface area (Å²) in [6.45, 7) is 7.86. The van der Waals surface area contributed by atoms with Crippen LogP contribution < -0.4 is 11.1 Å². The van der Waals surface area contributed by atoms with Gasteiger partial charge in [0.2, 0.25) is 5.91 Å². The zero-order valence-electron chi connectivity index (χ0n) is 11.5. The highest BCUT2D eigenvalue weighted by Gasteiger charge is 2.25. The number of hydrogen-bond donors (Lipinski definition) is 2. The highest BCUT2D eigenvalue weighted by Crippen LogP contribution is 2.30. The van der Waals surface area contributed by atoms with E-state index in [0.717, 1.165) is 18.9 Å².